The van der Waals surface area contributed by atoms with Crippen molar-refractivity contribution in [3.05, 3.63) is 53.6 Å². The molecule has 0 radical (unpaired) electrons. The van der Waals surface area contributed by atoms with Crippen molar-refractivity contribution in [2.24, 2.45) is 0 Å². The van der Waals surface area contributed by atoms with E-state index in [4.69, 9.17) is 0 Å². The highest BCUT2D eigenvalue weighted by Crippen LogP contribution is 2.32. The number of rotatable bonds is 1. The lowest BCUT2D eigenvalue weighted by molar-refractivity contribution is -0.135. The van der Waals surface area contributed by atoms with E-state index in [0.29, 0.717) is 11.1 Å². The summed E-state index contributed by atoms with van der Waals surface area (Å²) in [6, 6.07) is 13.7. The number of carbonyl (C=O) groups excluding carboxylic acids is 2. The molecule has 2 aromatic rings. The molecule has 0 atom stereocenters. The zero-order valence-corrected chi connectivity index (χ0v) is 15.3. The van der Waals surface area contributed by atoms with E-state index in [1.54, 1.807) is 0 Å². The van der Waals surface area contributed by atoms with Gasteiger partial charge in [0.25, 0.3) is 11.8 Å². The number of amides is 2. The van der Waals surface area contributed by atoms with E-state index >= 15 is 0 Å². The molecule has 0 fully saturated rings. The standard InChI is InChI=1S/C20H19NO2Si/c1-21-19(22)17(12-13-24(2,3)4)18(20(21)23)16-11-7-9-14-8-5-6-10-15(14)16/h5-11H,1-4H3. The Morgan fingerprint density at radius 1 is 0.917 bits per heavy atom. The summed E-state index contributed by atoms with van der Waals surface area (Å²) in [5.74, 6) is 2.43. The average molecular weight is 333 g/mol. The second-order valence-corrected chi connectivity index (χ2v) is 11.7. The molecule has 4 heteroatoms. The molecule has 24 heavy (non-hydrogen) atoms. The first-order valence-corrected chi connectivity index (χ1v) is 11.4. The van der Waals surface area contributed by atoms with Crippen LogP contribution in [0.25, 0.3) is 16.3 Å². The summed E-state index contributed by atoms with van der Waals surface area (Å²) < 4.78 is 0. The van der Waals surface area contributed by atoms with Gasteiger partial charge in [-0.25, -0.2) is 0 Å². The zero-order valence-electron chi connectivity index (χ0n) is 14.3. The van der Waals surface area contributed by atoms with Gasteiger partial charge >= 0.3 is 0 Å². The average Bonchev–Trinajstić information content (AvgIpc) is 2.75. The third-order valence-electron chi connectivity index (χ3n) is 3.91. The molecule has 1 heterocycles. The van der Waals surface area contributed by atoms with Gasteiger partial charge < -0.3 is 0 Å². The number of nitrogens with zero attached hydrogens (tertiary/aromatic N) is 1. The molecule has 3 nitrogen and oxygen atoms in total. The molecule has 1 aliphatic heterocycles. The Morgan fingerprint density at radius 2 is 1.58 bits per heavy atom. The Hall–Kier alpha value is -2.64. The predicted molar refractivity (Wildman–Crippen MR) is 99.8 cm³/mol. The van der Waals surface area contributed by atoms with Crippen LogP contribution in [0.1, 0.15) is 5.56 Å². The molecule has 3 rings (SSSR count). The van der Waals surface area contributed by atoms with Gasteiger partial charge in [-0.1, -0.05) is 68.0 Å². The van der Waals surface area contributed by atoms with Gasteiger partial charge in [-0.3, -0.25) is 14.5 Å². The fraction of sp³-hybridized carbons (Fsp3) is 0.200. The van der Waals surface area contributed by atoms with Crippen molar-refractivity contribution in [1.29, 1.82) is 0 Å². The zero-order chi connectivity index (χ0) is 17.5. The topological polar surface area (TPSA) is 37.4 Å². The molecule has 0 saturated heterocycles. The maximum Gasteiger partial charge on any atom is 0.269 e. The molecule has 1 aliphatic rings. The summed E-state index contributed by atoms with van der Waals surface area (Å²) in [6.45, 7) is 6.34. The van der Waals surface area contributed by atoms with Gasteiger partial charge in [0.2, 0.25) is 0 Å². The summed E-state index contributed by atoms with van der Waals surface area (Å²) in [5.41, 5.74) is 4.73. The molecular weight excluding hydrogens is 314 g/mol. The third-order valence-corrected chi connectivity index (χ3v) is 4.78. The number of carbonyl (C=O) groups is 2. The van der Waals surface area contributed by atoms with Gasteiger partial charge in [-0.15, -0.1) is 5.54 Å². The minimum absolute atomic E-state index is 0.281. The van der Waals surface area contributed by atoms with Gasteiger partial charge in [0.15, 0.2) is 0 Å². The van der Waals surface area contributed by atoms with Crippen LogP contribution in [0.4, 0.5) is 0 Å². The highest BCUT2D eigenvalue weighted by atomic mass is 28.3. The SMILES string of the molecule is CN1C(=O)C(C#C[Si](C)(C)C)=C(c2cccc3ccccc23)C1=O. The number of hydrogen-bond donors (Lipinski definition) is 0. The van der Waals surface area contributed by atoms with Crippen molar-refractivity contribution in [2.75, 3.05) is 7.05 Å². The van der Waals surface area contributed by atoms with E-state index in [2.05, 4.69) is 31.1 Å². The quantitative estimate of drug-likeness (QED) is 0.455. The fourth-order valence-electron chi connectivity index (χ4n) is 2.70. The molecule has 0 N–H and O–H groups in total. The lowest BCUT2D eigenvalue weighted by atomic mass is 9.96. The Labute approximate surface area is 143 Å². The maximum atomic E-state index is 12.7. The summed E-state index contributed by atoms with van der Waals surface area (Å²) in [5, 5.41) is 1.99. The van der Waals surface area contributed by atoms with E-state index in [0.717, 1.165) is 21.2 Å². The number of fused-ring (bicyclic) bond motifs is 1. The number of likely N-dealkylation sites (N-methyl/N-ethyl adjacent to an activating group) is 1. The van der Waals surface area contributed by atoms with Crippen LogP contribution in [0.15, 0.2) is 48.0 Å². The van der Waals surface area contributed by atoms with Crippen LogP contribution in [0.5, 0.6) is 0 Å². The van der Waals surface area contributed by atoms with Crippen molar-refractivity contribution in [3.63, 3.8) is 0 Å². The molecule has 0 saturated carbocycles. The molecule has 0 bridgehead atoms. The summed E-state index contributed by atoms with van der Waals surface area (Å²) in [7, 11) is -0.147. The first-order chi connectivity index (χ1) is 11.3. The van der Waals surface area contributed by atoms with Crippen LogP contribution in [-0.2, 0) is 9.59 Å². The van der Waals surface area contributed by atoms with Crippen molar-refractivity contribution >= 4 is 36.2 Å². The minimum atomic E-state index is -1.66. The molecule has 2 aromatic carbocycles. The predicted octanol–water partition coefficient (Wildman–Crippen LogP) is 3.47. The van der Waals surface area contributed by atoms with Crippen LogP contribution < -0.4 is 0 Å². The fourth-order valence-corrected chi connectivity index (χ4v) is 3.20. The van der Waals surface area contributed by atoms with Crippen molar-refractivity contribution in [1.82, 2.24) is 4.90 Å². The van der Waals surface area contributed by atoms with E-state index in [1.165, 1.54) is 7.05 Å². The van der Waals surface area contributed by atoms with Gasteiger partial charge in [0.05, 0.1) is 5.57 Å². The van der Waals surface area contributed by atoms with Gasteiger partial charge in [0.1, 0.15) is 13.6 Å². The molecule has 0 aliphatic carbocycles. The normalized spacial score (nSPS) is 15.1. The van der Waals surface area contributed by atoms with Crippen molar-refractivity contribution in [2.45, 2.75) is 19.6 Å². The van der Waals surface area contributed by atoms with Gasteiger partial charge in [0, 0.05) is 7.05 Å². The largest absolute Gasteiger partial charge is 0.277 e. The van der Waals surface area contributed by atoms with Crippen molar-refractivity contribution < 1.29 is 9.59 Å². The Balaban J connectivity index is 2.30. The Kier molecular flexibility index (Phi) is 3.90. The number of hydrogen-bond acceptors (Lipinski definition) is 2. The van der Waals surface area contributed by atoms with E-state index in [-0.39, 0.29) is 11.8 Å². The van der Waals surface area contributed by atoms with Crippen LogP contribution >= 0.6 is 0 Å². The highest BCUT2D eigenvalue weighted by Gasteiger charge is 2.36. The monoisotopic (exact) mass is 333 g/mol. The molecule has 2 amide bonds. The Bertz CT molecular complexity index is 949. The summed E-state index contributed by atoms with van der Waals surface area (Å²) in [6.07, 6.45) is 0. The second-order valence-electron chi connectivity index (χ2n) is 6.95. The Morgan fingerprint density at radius 3 is 2.29 bits per heavy atom. The highest BCUT2D eigenvalue weighted by molar-refractivity contribution is 6.84. The molecule has 120 valence electrons. The third kappa shape index (κ3) is 2.79. The van der Waals surface area contributed by atoms with Crippen LogP contribution in [0, 0.1) is 11.5 Å². The molecule has 0 spiro atoms. The summed E-state index contributed by atoms with van der Waals surface area (Å²) >= 11 is 0. The van der Waals surface area contributed by atoms with Crippen LogP contribution in [0.3, 0.4) is 0 Å². The molecule has 0 aromatic heterocycles. The number of benzene rings is 2. The van der Waals surface area contributed by atoms with Gasteiger partial charge in [-0.05, 0) is 16.3 Å². The smallest absolute Gasteiger partial charge is 0.269 e. The second kappa shape index (κ2) is 5.77. The lowest BCUT2D eigenvalue weighted by Crippen LogP contribution is -2.26. The van der Waals surface area contributed by atoms with E-state index < -0.39 is 8.07 Å². The minimum Gasteiger partial charge on any atom is -0.277 e. The van der Waals surface area contributed by atoms with E-state index in [9.17, 15) is 9.59 Å². The maximum absolute atomic E-state index is 12.7. The first kappa shape index (κ1) is 16.2. The summed E-state index contributed by atoms with van der Waals surface area (Å²) in [4.78, 5) is 26.4. The van der Waals surface area contributed by atoms with Gasteiger partial charge in [-0.2, -0.15) is 0 Å². The molecule has 0 unspecified atom stereocenters. The lowest BCUT2D eigenvalue weighted by Gasteiger charge is -2.09. The van der Waals surface area contributed by atoms with Crippen LogP contribution in [0.2, 0.25) is 19.6 Å². The molecular formula is C20H19NO2Si. The van der Waals surface area contributed by atoms with E-state index in [1.807, 2.05) is 42.5 Å². The first-order valence-electron chi connectivity index (χ1n) is 7.87. The van der Waals surface area contributed by atoms with Crippen molar-refractivity contribution in [3.8, 4) is 11.5 Å². The van der Waals surface area contributed by atoms with Crippen LogP contribution in [-0.4, -0.2) is 31.8 Å². The number of imide groups is 1.